The number of hydrogen-bond acceptors (Lipinski definition) is 2. The van der Waals surface area contributed by atoms with Crippen molar-refractivity contribution in [2.45, 2.75) is 25.3 Å². The van der Waals surface area contributed by atoms with Gasteiger partial charge in [0.1, 0.15) is 5.82 Å². The van der Waals surface area contributed by atoms with Crippen molar-refractivity contribution in [3.63, 3.8) is 0 Å². The maximum atomic E-state index is 13.0. The summed E-state index contributed by atoms with van der Waals surface area (Å²) in [5.74, 6) is -1.00. The minimum absolute atomic E-state index is 0.0779. The van der Waals surface area contributed by atoms with Crippen molar-refractivity contribution in [2.75, 3.05) is 0 Å². The first-order chi connectivity index (χ1) is 8.61. The summed E-state index contributed by atoms with van der Waals surface area (Å²) >= 11 is 5.62. The topological polar surface area (TPSA) is 52.9 Å². The maximum absolute atomic E-state index is 13.0. The number of nitrogens with one attached hydrogen (secondary N) is 1. The second kappa shape index (κ2) is 5.36. The van der Waals surface area contributed by atoms with Crippen LogP contribution in [0.5, 0.6) is 0 Å². The fourth-order valence-electron chi connectivity index (χ4n) is 2.18. The molecule has 1 aromatic carbocycles. The lowest BCUT2D eigenvalue weighted by Crippen LogP contribution is -2.36. The predicted molar refractivity (Wildman–Crippen MR) is 65.6 cm³/mol. The average Bonchev–Trinajstić information content (AvgIpc) is 2.79. The average molecular weight is 267 g/mol. The fraction of sp³-hybridized carbons (Fsp3) is 0.385. The third kappa shape index (κ3) is 2.62. The smallest absolute Gasteiger partial charge is 0.251 e. The predicted octanol–water partition coefficient (Wildman–Crippen LogP) is 2.90. The van der Waals surface area contributed by atoms with E-state index < -0.39 is 5.82 Å². The standard InChI is InChI=1S/C13H12ClFN2O/c14-10-6-8(4-5-11(10)15)13(18)17-12-3-1-2-9(12)7-16/h4-6,9,12H,1-3H2,(H,17,18). The molecule has 0 saturated heterocycles. The Kier molecular flexibility index (Phi) is 3.83. The van der Waals surface area contributed by atoms with Crippen molar-refractivity contribution in [3.8, 4) is 6.07 Å². The van der Waals surface area contributed by atoms with Crippen molar-refractivity contribution in [1.29, 1.82) is 5.26 Å². The molecule has 0 aliphatic heterocycles. The highest BCUT2D eigenvalue weighted by Crippen LogP contribution is 2.25. The molecule has 2 unspecified atom stereocenters. The van der Waals surface area contributed by atoms with Crippen LogP contribution in [0.3, 0.4) is 0 Å². The normalized spacial score (nSPS) is 22.5. The van der Waals surface area contributed by atoms with E-state index in [-0.39, 0.29) is 22.9 Å². The Morgan fingerprint density at radius 2 is 2.28 bits per heavy atom. The van der Waals surface area contributed by atoms with E-state index in [4.69, 9.17) is 16.9 Å². The summed E-state index contributed by atoms with van der Waals surface area (Å²) in [6.07, 6.45) is 2.55. The SMILES string of the molecule is N#CC1CCCC1NC(=O)c1ccc(F)c(Cl)c1. The van der Waals surface area contributed by atoms with Crippen molar-refractivity contribution in [1.82, 2.24) is 5.32 Å². The van der Waals surface area contributed by atoms with E-state index in [1.807, 2.05) is 0 Å². The van der Waals surface area contributed by atoms with Gasteiger partial charge in [0.2, 0.25) is 0 Å². The van der Waals surface area contributed by atoms with Gasteiger partial charge >= 0.3 is 0 Å². The molecule has 0 spiro atoms. The second-order valence-electron chi connectivity index (χ2n) is 4.38. The minimum atomic E-state index is -0.552. The molecule has 1 N–H and O–H groups in total. The molecular formula is C13H12ClFN2O. The summed E-state index contributed by atoms with van der Waals surface area (Å²) in [5, 5.41) is 11.7. The summed E-state index contributed by atoms with van der Waals surface area (Å²) in [5.41, 5.74) is 0.310. The quantitative estimate of drug-likeness (QED) is 0.895. The number of carbonyl (C=O) groups excluding carboxylic acids is 1. The van der Waals surface area contributed by atoms with Crippen molar-refractivity contribution < 1.29 is 9.18 Å². The number of amides is 1. The summed E-state index contributed by atoms with van der Waals surface area (Å²) in [7, 11) is 0. The molecule has 1 aromatic rings. The first-order valence-electron chi connectivity index (χ1n) is 5.77. The summed E-state index contributed by atoms with van der Waals surface area (Å²) < 4.78 is 13.0. The lowest BCUT2D eigenvalue weighted by atomic mass is 10.1. The molecule has 1 saturated carbocycles. The highest BCUT2D eigenvalue weighted by atomic mass is 35.5. The van der Waals surface area contributed by atoms with Crippen LogP contribution < -0.4 is 5.32 Å². The molecule has 3 nitrogen and oxygen atoms in total. The molecule has 0 heterocycles. The van der Waals surface area contributed by atoms with E-state index in [2.05, 4.69) is 11.4 Å². The van der Waals surface area contributed by atoms with Crippen LogP contribution in [0.2, 0.25) is 5.02 Å². The molecule has 0 aromatic heterocycles. The van der Waals surface area contributed by atoms with Gasteiger partial charge in [0.15, 0.2) is 0 Å². The maximum Gasteiger partial charge on any atom is 0.251 e. The third-order valence-corrected chi connectivity index (χ3v) is 3.47. The van der Waals surface area contributed by atoms with Crippen molar-refractivity contribution in [2.24, 2.45) is 5.92 Å². The number of benzene rings is 1. The van der Waals surface area contributed by atoms with Crippen LogP contribution in [0.15, 0.2) is 18.2 Å². The highest BCUT2D eigenvalue weighted by Gasteiger charge is 2.28. The van der Waals surface area contributed by atoms with E-state index in [0.29, 0.717) is 5.56 Å². The Morgan fingerprint density at radius 3 is 2.94 bits per heavy atom. The number of hydrogen-bond donors (Lipinski definition) is 1. The third-order valence-electron chi connectivity index (χ3n) is 3.18. The minimum Gasteiger partial charge on any atom is -0.348 e. The van der Waals surface area contributed by atoms with Gasteiger partial charge in [0.05, 0.1) is 17.0 Å². The van der Waals surface area contributed by atoms with E-state index in [0.717, 1.165) is 25.3 Å². The van der Waals surface area contributed by atoms with E-state index in [9.17, 15) is 9.18 Å². The molecule has 1 aliphatic rings. The number of halogens is 2. The zero-order chi connectivity index (χ0) is 13.1. The van der Waals surface area contributed by atoms with Gasteiger partial charge in [-0.25, -0.2) is 4.39 Å². The molecule has 94 valence electrons. The lowest BCUT2D eigenvalue weighted by Gasteiger charge is -2.15. The van der Waals surface area contributed by atoms with Crippen LogP contribution in [0.4, 0.5) is 4.39 Å². The molecule has 5 heteroatoms. The van der Waals surface area contributed by atoms with Crippen LogP contribution in [0, 0.1) is 23.1 Å². The van der Waals surface area contributed by atoms with E-state index >= 15 is 0 Å². The number of nitriles is 1. The van der Waals surface area contributed by atoms with Gasteiger partial charge in [-0.1, -0.05) is 11.6 Å². The van der Waals surface area contributed by atoms with E-state index in [1.54, 1.807) is 0 Å². The lowest BCUT2D eigenvalue weighted by molar-refractivity contribution is 0.0933. The molecule has 1 fully saturated rings. The van der Waals surface area contributed by atoms with E-state index in [1.165, 1.54) is 12.1 Å². The summed E-state index contributed by atoms with van der Waals surface area (Å²) in [4.78, 5) is 11.9. The Labute approximate surface area is 110 Å². The Hall–Kier alpha value is -1.60. The Balaban J connectivity index is 2.08. The fourth-order valence-corrected chi connectivity index (χ4v) is 2.36. The molecule has 2 atom stereocenters. The van der Waals surface area contributed by atoms with Gasteiger partial charge in [-0.2, -0.15) is 5.26 Å². The van der Waals surface area contributed by atoms with Gasteiger partial charge in [-0.3, -0.25) is 4.79 Å². The number of carbonyl (C=O) groups is 1. The number of nitrogens with zero attached hydrogens (tertiary/aromatic N) is 1. The van der Waals surface area contributed by atoms with Gasteiger partial charge in [-0.05, 0) is 37.5 Å². The van der Waals surface area contributed by atoms with Gasteiger partial charge < -0.3 is 5.32 Å². The van der Waals surface area contributed by atoms with Gasteiger partial charge in [0.25, 0.3) is 5.91 Å². The molecule has 0 bridgehead atoms. The summed E-state index contributed by atoms with van der Waals surface area (Å²) in [6, 6.07) is 5.91. The first kappa shape index (κ1) is 12.8. The Morgan fingerprint density at radius 1 is 1.50 bits per heavy atom. The Bertz CT molecular complexity index is 512. The first-order valence-corrected chi connectivity index (χ1v) is 6.15. The molecule has 1 amide bonds. The van der Waals surface area contributed by atoms with Gasteiger partial charge in [-0.15, -0.1) is 0 Å². The largest absolute Gasteiger partial charge is 0.348 e. The number of rotatable bonds is 2. The molecule has 2 rings (SSSR count). The van der Waals surface area contributed by atoms with Crippen molar-refractivity contribution >= 4 is 17.5 Å². The molecule has 0 radical (unpaired) electrons. The molecular weight excluding hydrogens is 255 g/mol. The van der Waals surface area contributed by atoms with Crippen molar-refractivity contribution in [3.05, 3.63) is 34.6 Å². The highest BCUT2D eigenvalue weighted by molar-refractivity contribution is 6.31. The zero-order valence-corrected chi connectivity index (χ0v) is 10.4. The molecule has 18 heavy (non-hydrogen) atoms. The van der Waals surface area contributed by atoms with Crippen LogP contribution >= 0.6 is 11.6 Å². The van der Waals surface area contributed by atoms with Crippen LogP contribution in [0.25, 0.3) is 0 Å². The molecule has 1 aliphatic carbocycles. The van der Waals surface area contributed by atoms with Crippen LogP contribution in [0.1, 0.15) is 29.6 Å². The van der Waals surface area contributed by atoms with Gasteiger partial charge in [0, 0.05) is 11.6 Å². The van der Waals surface area contributed by atoms with Crippen LogP contribution in [-0.2, 0) is 0 Å². The van der Waals surface area contributed by atoms with Crippen LogP contribution in [-0.4, -0.2) is 11.9 Å². The summed E-state index contributed by atoms with van der Waals surface area (Å²) in [6.45, 7) is 0. The second-order valence-corrected chi connectivity index (χ2v) is 4.78. The zero-order valence-electron chi connectivity index (χ0n) is 9.62. The monoisotopic (exact) mass is 266 g/mol.